The van der Waals surface area contributed by atoms with Gasteiger partial charge in [-0.1, -0.05) is 0 Å². The molecule has 1 saturated heterocycles. The van der Waals surface area contributed by atoms with Crippen molar-refractivity contribution in [2.75, 3.05) is 13.1 Å². The Kier molecular flexibility index (Phi) is 4.04. The zero-order valence-corrected chi connectivity index (χ0v) is 11.6. The lowest BCUT2D eigenvalue weighted by Gasteiger charge is -2.23. The fraction of sp³-hybridized carbons (Fsp3) is 0.727. The summed E-state index contributed by atoms with van der Waals surface area (Å²) >= 11 is 0. The maximum Gasteiger partial charge on any atom is 0.259 e. The highest BCUT2D eigenvalue weighted by molar-refractivity contribution is 7.89. The van der Waals surface area contributed by atoms with Gasteiger partial charge in [0.1, 0.15) is 5.82 Å². The standard InChI is InChI=1S/C11H20N4O2S/c1-3-15-8-11(13-9(15)2)18(16,17)14-10-5-4-6-12-7-10/h8,10,12,14H,3-7H2,1-2H3/t10-/m1/s1. The number of hydrogen-bond donors (Lipinski definition) is 2. The van der Waals surface area contributed by atoms with Gasteiger partial charge >= 0.3 is 0 Å². The van der Waals surface area contributed by atoms with Crippen molar-refractivity contribution in [1.82, 2.24) is 19.6 Å². The van der Waals surface area contributed by atoms with Crippen molar-refractivity contribution in [2.45, 2.75) is 44.3 Å². The molecule has 1 aliphatic heterocycles. The molecular formula is C11H20N4O2S. The molecule has 2 heterocycles. The first kappa shape index (κ1) is 13.5. The van der Waals surface area contributed by atoms with Crippen molar-refractivity contribution in [3.05, 3.63) is 12.0 Å². The van der Waals surface area contributed by atoms with Crippen molar-refractivity contribution < 1.29 is 8.42 Å². The Bertz CT molecular complexity index is 503. The Labute approximate surface area is 108 Å². The van der Waals surface area contributed by atoms with Gasteiger partial charge in [-0.05, 0) is 33.2 Å². The molecule has 0 spiro atoms. The molecule has 0 saturated carbocycles. The van der Waals surface area contributed by atoms with Gasteiger partial charge in [0.15, 0.2) is 5.03 Å². The highest BCUT2D eigenvalue weighted by atomic mass is 32.2. The van der Waals surface area contributed by atoms with E-state index in [4.69, 9.17) is 0 Å². The van der Waals surface area contributed by atoms with Crippen LogP contribution in [0.3, 0.4) is 0 Å². The number of aromatic nitrogens is 2. The van der Waals surface area contributed by atoms with Gasteiger partial charge < -0.3 is 9.88 Å². The number of aryl methyl sites for hydroxylation is 2. The summed E-state index contributed by atoms with van der Waals surface area (Å²) in [7, 11) is -3.49. The monoisotopic (exact) mass is 272 g/mol. The van der Waals surface area contributed by atoms with Crippen LogP contribution in [0.5, 0.6) is 0 Å². The van der Waals surface area contributed by atoms with Crippen LogP contribution in [0.15, 0.2) is 11.2 Å². The minimum Gasteiger partial charge on any atom is -0.334 e. The van der Waals surface area contributed by atoms with Gasteiger partial charge in [0, 0.05) is 25.3 Å². The molecule has 18 heavy (non-hydrogen) atoms. The van der Waals surface area contributed by atoms with Crippen LogP contribution < -0.4 is 10.0 Å². The molecule has 6 nitrogen and oxygen atoms in total. The second kappa shape index (κ2) is 5.38. The number of piperidine rings is 1. The summed E-state index contributed by atoms with van der Waals surface area (Å²) in [5, 5.41) is 3.30. The summed E-state index contributed by atoms with van der Waals surface area (Å²) < 4.78 is 28.9. The summed E-state index contributed by atoms with van der Waals surface area (Å²) in [6, 6.07) is -0.0316. The summed E-state index contributed by atoms with van der Waals surface area (Å²) in [5.74, 6) is 0.722. The summed E-state index contributed by atoms with van der Waals surface area (Å²) in [6.07, 6.45) is 3.46. The molecule has 0 amide bonds. The topological polar surface area (TPSA) is 76.0 Å². The molecule has 0 unspecified atom stereocenters. The van der Waals surface area contributed by atoms with Gasteiger partial charge in [0.2, 0.25) is 0 Å². The number of nitrogens with zero attached hydrogens (tertiary/aromatic N) is 2. The predicted octanol–water partition coefficient (Wildman–Crippen LogP) is 0.242. The fourth-order valence-electron chi connectivity index (χ4n) is 2.16. The summed E-state index contributed by atoms with van der Waals surface area (Å²) in [5.41, 5.74) is 0. The summed E-state index contributed by atoms with van der Waals surface area (Å²) in [4.78, 5) is 4.11. The maximum atomic E-state index is 12.2. The Hall–Kier alpha value is -0.920. The Balaban J connectivity index is 2.13. The molecule has 2 rings (SSSR count). The van der Waals surface area contributed by atoms with Crippen molar-refractivity contribution >= 4 is 10.0 Å². The second-order valence-electron chi connectivity index (χ2n) is 4.58. The molecule has 0 radical (unpaired) electrons. The van der Waals surface area contributed by atoms with Crippen molar-refractivity contribution in [2.24, 2.45) is 0 Å². The molecule has 0 bridgehead atoms. The summed E-state index contributed by atoms with van der Waals surface area (Å²) in [6.45, 7) is 6.14. The zero-order chi connectivity index (χ0) is 13.2. The molecule has 1 aromatic rings. The lowest BCUT2D eigenvalue weighted by atomic mass is 10.1. The molecule has 1 atom stereocenters. The van der Waals surface area contributed by atoms with Crippen LogP contribution in [0, 0.1) is 6.92 Å². The van der Waals surface area contributed by atoms with Gasteiger partial charge in [-0.3, -0.25) is 0 Å². The normalized spacial score (nSPS) is 21.1. The SMILES string of the molecule is CCn1cc(S(=O)(=O)N[C@@H]2CCCNC2)nc1C. The van der Waals surface area contributed by atoms with Crippen LogP contribution in [-0.4, -0.2) is 37.1 Å². The smallest absolute Gasteiger partial charge is 0.259 e. The van der Waals surface area contributed by atoms with Crippen LogP contribution in [-0.2, 0) is 16.6 Å². The van der Waals surface area contributed by atoms with Crippen LogP contribution >= 0.6 is 0 Å². The largest absolute Gasteiger partial charge is 0.334 e. The van der Waals surface area contributed by atoms with Gasteiger partial charge in [-0.2, -0.15) is 0 Å². The molecule has 1 fully saturated rings. The highest BCUT2D eigenvalue weighted by Gasteiger charge is 2.24. The zero-order valence-electron chi connectivity index (χ0n) is 10.8. The van der Waals surface area contributed by atoms with E-state index in [1.54, 1.807) is 6.20 Å². The lowest BCUT2D eigenvalue weighted by Crippen LogP contribution is -2.45. The molecule has 1 aromatic heterocycles. The molecule has 102 valence electrons. The van der Waals surface area contributed by atoms with Crippen molar-refractivity contribution in [3.63, 3.8) is 0 Å². The molecular weight excluding hydrogens is 252 g/mol. The Morgan fingerprint density at radius 1 is 1.61 bits per heavy atom. The molecule has 0 aliphatic carbocycles. The van der Waals surface area contributed by atoms with Crippen LogP contribution in [0.25, 0.3) is 0 Å². The first-order valence-corrected chi connectivity index (χ1v) is 7.78. The number of sulfonamides is 1. The van der Waals surface area contributed by atoms with E-state index in [0.717, 1.165) is 31.8 Å². The van der Waals surface area contributed by atoms with Crippen molar-refractivity contribution in [1.29, 1.82) is 0 Å². The van der Waals surface area contributed by atoms with E-state index in [2.05, 4.69) is 15.0 Å². The molecule has 0 aromatic carbocycles. The number of hydrogen-bond acceptors (Lipinski definition) is 4. The van der Waals surface area contributed by atoms with E-state index in [-0.39, 0.29) is 11.1 Å². The minimum absolute atomic E-state index is 0.0316. The fourth-order valence-corrected chi connectivity index (χ4v) is 3.44. The average Bonchev–Trinajstić information content (AvgIpc) is 2.72. The van der Waals surface area contributed by atoms with Crippen molar-refractivity contribution in [3.8, 4) is 0 Å². The van der Waals surface area contributed by atoms with Gasteiger partial charge in [0.05, 0.1) is 0 Å². The highest BCUT2D eigenvalue weighted by Crippen LogP contribution is 2.11. The van der Waals surface area contributed by atoms with Gasteiger partial charge in [-0.15, -0.1) is 0 Å². The molecule has 1 aliphatic rings. The third-order valence-electron chi connectivity index (χ3n) is 3.19. The minimum atomic E-state index is -3.49. The van der Waals surface area contributed by atoms with E-state index in [1.807, 2.05) is 18.4 Å². The molecule has 2 N–H and O–H groups in total. The quantitative estimate of drug-likeness (QED) is 0.823. The van der Waals surface area contributed by atoms with E-state index in [0.29, 0.717) is 6.54 Å². The molecule has 7 heteroatoms. The van der Waals surface area contributed by atoms with Gasteiger partial charge in [-0.25, -0.2) is 18.1 Å². The number of imidazole rings is 1. The maximum absolute atomic E-state index is 12.2. The van der Waals surface area contributed by atoms with E-state index in [1.165, 1.54) is 0 Å². The van der Waals surface area contributed by atoms with Gasteiger partial charge in [0.25, 0.3) is 10.0 Å². The van der Waals surface area contributed by atoms with E-state index in [9.17, 15) is 8.42 Å². The van der Waals surface area contributed by atoms with Crippen LogP contribution in [0.1, 0.15) is 25.6 Å². The Morgan fingerprint density at radius 3 is 2.94 bits per heavy atom. The third-order valence-corrected chi connectivity index (χ3v) is 4.58. The van der Waals surface area contributed by atoms with Crippen LogP contribution in [0.2, 0.25) is 0 Å². The number of nitrogens with one attached hydrogen (secondary N) is 2. The average molecular weight is 272 g/mol. The lowest BCUT2D eigenvalue weighted by molar-refractivity contribution is 0.428. The predicted molar refractivity (Wildman–Crippen MR) is 68.9 cm³/mol. The number of rotatable bonds is 4. The van der Waals surface area contributed by atoms with Crippen LogP contribution in [0.4, 0.5) is 0 Å². The first-order chi connectivity index (χ1) is 8.53. The van der Waals surface area contributed by atoms with E-state index >= 15 is 0 Å². The Morgan fingerprint density at radius 2 is 2.39 bits per heavy atom. The second-order valence-corrected chi connectivity index (χ2v) is 6.24. The van der Waals surface area contributed by atoms with E-state index < -0.39 is 10.0 Å². The third kappa shape index (κ3) is 2.90. The first-order valence-electron chi connectivity index (χ1n) is 6.29.